The molecule has 1 fully saturated rings. The fourth-order valence-corrected chi connectivity index (χ4v) is 3.63. The fourth-order valence-electron chi connectivity index (χ4n) is 2.26. The summed E-state index contributed by atoms with van der Waals surface area (Å²) in [5.41, 5.74) is -0.380. The zero-order valence-electron chi connectivity index (χ0n) is 12.0. The lowest BCUT2D eigenvalue weighted by Gasteiger charge is -2.26. The summed E-state index contributed by atoms with van der Waals surface area (Å²) in [7, 11) is -3.79. The van der Waals surface area contributed by atoms with Gasteiger partial charge in [0.05, 0.1) is 22.6 Å². The van der Waals surface area contributed by atoms with Crippen LogP contribution in [0.15, 0.2) is 23.1 Å². The maximum atomic E-state index is 12.4. The van der Waals surface area contributed by atoms with Crippen LogP contribution < -0.4 is 4.72 Å². The summed E-state index contributed by atoms with van der Waals surface area (Å²) in [6.45, 7) is 3.66. The number of hydrogen-bond donors (Lipinski definition) is 2. The average molecular weight is 310 g/mol. The molecule has 1 aliphatic heterocycles. The van der Waals surface area contributed by atoms with Crippen LogP contribution in [0, 0.1) is 18.3 Å². The summed E-state index contributed by atoms with van der Waals surface area (Å²) in [6.07, 6.45) is -0.0415. The third-order valence-corrected chi connectivity index (χ3v) is 5.38. The summed E-state index contributed by atoms with van der Waals surface area (Å²) in [5.74, 6) is 0. The van der Waals surface area contributed by atoms with Gasteiger partial charge in [0.2, 0.25) is 10.0 Å². The van der Waals surface area contributed by atoms with E-state index in [1.807, 2.05) is 6.07 Å². The van der Waals surface area contributed by atoms with Gasteiger partial charge >= 0.3 is 0 Å². The SMILES string of the molecule is Cc1ccc(C#N)cc1S(=O)(=O)NCC1(O)CCOC1C. The number of nitrogens with zero attached hydrogens (tertiary/aromatic N) is 1. The number of benzene rings is 1. The van der Waals surface area contributed by atoms with Crippen LogP contribution >= 0.6 is 0 Å². The van der Waals surface area contributed by atoms with Gasteiger partial charge in [0.1, 0.15) is 5.60 Å². The molecular formula is C14H18N2O4S. The van der Waals surface area contributed by atoms with E-state index in [-0.39, 0.29) is 17.0 Å². The highest BCUT2D eigenvalue weighted by Gasteiger charge is 2.40. The van der Waals surface area contributed by atoms with Crippen molar-refractivity contribution in [1.82, 2.24) is 4.72 Å². The van der Waals surface area contributed by atoms with Gasteiger partial charge in [-0.25, -0.2) is 13.1 Å². The minimum atomic E-state index is -3.79. The summed E-state index contributed by atoms with van der Waals surface area (Å²) in [6, 6.07) is 6.40. The molecule has 7 heteroatoms. The van der Waals surface area contributed by atoms with Gasteiger partial charge in [0, 0.05) is 19.6 Å². The molecule has 0 aliphatic carbocycles. The summed E-state index contributed by atoms with van der Waals surface area (Å²) >= 11 is 0. The van der Waals surface area contributed by atoms with Crippen LogP contribution in [0.25, 0.3) is 0 Å². The number of aryl methyl sites for hydroxylation is 1. The Labute approximate surface area is 124 Å². The molecule has 0 spiro atoms. The first kappa shape index (κ1) is 15.9. The third kappa shape index (κ3) is 3.24. The minimum absolute atomic E-state index is 0.0525. The van der Waals surface area contributed by atoms with Crippen molar-refractivity contribution in [3.8, 4) is 6.07 Å². The van der Waals surface area contributed by atoms with E-state index in [9.17, 15) is 13.5 Å². The molecular weight excluding hydrogens is 292 g/mol. The zero-order valence-corrected chi connectivity index (χ0v) is 12.8. The van der Waals surface area contributed by atoms with Gasteiger partial charge < -0.3 is 9.84 Å². The number of hydrogen-bond acceptors (Lipinski definition) is 5. The van der Waals surface area contributed by atoms with Gasteiger partial charge in [0.25, 0.3) is 0 Å². The number of rotatable bonds is 4. The molecule has 0 bridgehead atoms. The van der Waals surface area contributed by atoms with E-state index in [2.05, 4.69) is 4.72 Å². The Bertz CT molecular complexity index is 681. The summed E-state index contributed by atoms with van der Waals surface area (Å²) < 4.78 is 32.4. The van der Waals surface area contributed by atoms with Crippen molar-refractivity contribution < 1.29 is 18.3 Å². The van der Waals surface area contributed by atoms with Crippen LogP contribution in [0.2, 0.25) is 0 Å². The van der Waals surface area contributed by atoms with E-state index in [4.69, 9.17) is 10.00 Å². The second-order valence-corrected chi connectivity index (χ2v) is 7.02. The molecule has 0 saturated carbocycles. The van der Waals surface area contributed by atoms with Gasteiger partial charge in [-0.2, -0.15) is 5.26 Å². The molecule has 2 unspecified atom stereocenters. The Morgan fingerprint density at radius 3 is 2.86 bits per heavy atom. The number of aliphatic hydroxyl groups is 1. The highest BCUT2D eigenvalue weighted by atomic mass is 32.2. The van der Waals surface area contributed by atoms with E-state index in [0.29, 0.717) is 18.6 Å². The fraction of sp³-hybridized carbons (Fsp3) is 0.500. The zero-order chi connectivity index (χ0) is 15.7. The van der Waals surface area contributed by atoms with Crippen molar-refractivity contribution in [2.24, 2.45) is 0 Å². The van der Waals surface area contributed by atoms with Crippen LogP contribution in [-0.2, 0) is 14.8 Å². The van der Waals surface area contributed by atoms with Crippen LogP contribution in [0.3, 0.4) is 0 Å². The lowest BCUT2D eigenvalue weighted by molar-refractivity contribution is -0.0228. The van der Waals surface area contributed by atoms with Gasteiger partial charge in [0.15, 0.2) is 0 Å². The van der Waals surface area contributed by atoms with Gasteiger partial charge in [-0.3, -0.25) is 0 Å². The molecule has 2 N–H and O–H groups in total. The third-order valence-electron chi connectivity index (χ3n) is 3.83. The molecule has 1 heterocycles. The molecule has 21 heavy (non-hydrogen) atoms. The van der Waals surface area contributed by atoms with E-state index >= 15 is 0 Å². The first-order valence-electron chi connectivity index (χ1n) is 6.63. The van der Waals surface area contributed by atoms with Crippen molar-refractivity contribution in [2.45, 2.75) is 36.9 Å². The minimum Gasteiger partial charge on any atom is -0.386 e. The maximum absolute atomic E-state index is 12.4. The van der Waals surface area contributed by atoms with Crippen molar-refractivity contribution in [1.29, 1.82) is 5.26 Å². The predicted molar refractivity (Wildman–Crippen MR) is 76.1 cm³/mol. The normalized spacial score (nSPS) is 25.7. The molecule has 1 saturated heterocycles. The van der Waals surface area contributed by atoms with Crippen molar-refractivity contribution in [3.63, 3.8) is 0 Å². The van der Waals surface area contributed by atoms with Gasteiger partial charge in [-0.1, -0.05) is 6.07 Å². The quantitative estimate of drug-likeness (QED) is 0.852. The number of nitrogens with one attached hydrogen (secondary N) is 1. The Balaban J connectivity index is 2.21. The Hall–Kier alpha value is -1.46. The monoisotopic (exact) mass is 310 g/mol. The van der Waals surface area contributed by atoms with Gasteiger partial charge in [-0.15, -0.1) is 0 Å². The van der Waals surface area contributed by atoms with Gasteiger partial charge in [-0.05, 0) is 31.5 Å². The first-order chi connectivity index (χ1) is 9.78. The topological polar surface area (TPSA) is 99.4 Å². The molecule has 0 radical (unpaired) electrons. The molecule has 0 aromatic heterocycles. The second-order valence-electron chi connectivity index (χ2n) is 5.28. The van der Waals surface area contributed by atoms with Crippen molar-refractivity contribution >= 4 is 10.0 Å². The standard InChI is InChI=1S/C14H18N2O4S/c1-10-3-4-12(8-15)7-13(10)21(18,19)16-9-14(17)5-6-20-11(14)2/h3-4,7,11,16-17H,5-6,9H2,1-2H3. The summed E-state index contributed by atoms with van der Waals surface area (Å²) in [5, 5.41) is 19.2. The molecule has 1 aliphatic rings. The largest absolute Gasteiger partial charge is 0.386 e. The Morgan fingerprint density at radius 1 is 1.57 bits per heavy atom. The van der Waals surface area contributed by atoms with E-state index in [1.54, 1.807) is 26.0 Å². The lowest BCUT2D eigenvalue weighted by Crippen LogP contribution is -2.47. The molecule has 2 rings (SSSR count). The van der Waals surface area contributed by atoms with E-state index < -0.39 is 21.7 Å². The average Bonchev–Trinajstić information content (AvgIpc) is 2.78. The van der Waals surface area contributed by atoms with E-state index in [1.165, 1.54) is 6.07 Å². The smallest absolute Gasteiger partial charge is 0.240 e. The van der Waals surface area contributed by atoms with E-state index in [0.717, 1.165) is 0 Å². The highest BCUT2D eigenvalue weighted by molar-refractivity contribution is 7.89. The molecule has 1 aromatic carbocycles. The molecule has 2 atom stereocenters. The molecule has 114 valence electrons. The summed E-state index contributed by atoms with van der Waals surface area (Å²) in [4.78, 5) is 0.0525. The Kier molecular flexibility index (Phi) is 4.35. The molecule has 0 amide bonds. The molecule has 1 aromatic rings. The molecule has 6 nitrogen and oxygen atoms in total. The van der Waals surface area contributed by atoms with Crippen molar-refractivity contribution in [3.05, 3.63) is 29.3 Å². The number of ether oxygens (including phenoxy) is 1. The first-order valence-corrected chi connectivity index (χ1v) is 8.11. The second kappa shape index (κ2) is 5.73. The van der Waals surface area contributed by atoms with Crippen LogP contribution in [0.4, 0.5) is 0 Å². The maximum Gasteiger partial charge on any atom is 0.240 e. The Morgan fingerprint density at radius 2 is 2.29 bits per heavy atom. The lowest BCUT2D eigenvalue weighted by atomic mass is 9.97. The number of nitriles is 1. The highest BCUT2D eigenvalue weighted by Crippen LogP contribution is 2.25. The van der Waals surface area contributed by atoms with Crippen LogP contribution in [0.1, 0.15) is 24.5 Å². The number of sulfonamides is 1. The van der Waals surface area contributed by atoms with Crippen molar-refractivity contribution in [2.75, 3.05) is 13.2 Å². The van der Waals surface area contributed by atoms with Crippen LogP contribution in [0.5, 0.6) is 0 Å². The predicted octanol–water partition coefficient (Wildman–Crippen LogP) is 0.685. The van der Waals surface area contributed by atoms with Crippen LogP contribution in [-0.4, -0.2) is 38.4 Å².